The second-order valence-electron chi connectivity index (χ2n) is 5.96. The van der Waals surface area contributed by atoms with E-state index in [0.29, 0.717) is 5.69 Å². The summed E-state index contributed by atoms with van der Waals surface area (Å²) in [6.07, 6.45) is 0.244. The molecule has 0 aliphatic carbocycles. The zero-order valence-electron chi connectivity index (χ0n) is 14.3. The highest BCUT2D eigenvalue weighted by Crippen LogP contribution is 2.17. The van der Waals surface area contributed by atoms with Crippen LogP contribution in [0.5, 0.6) is 0 Å². The van der Waals surface area contributed by atoms with Gasteiger partial charge < -0.3 is 16.0 Å². The third-order valence-corrected chi connectivity index (χ3v) is 4.02. The third kappa shape index (κ3) is 4.59. The van der Waals surface area contributed by atoms with E-state index in [1.807, 2.05) is 44.2 Å². The lowest BCUT2D eigenvalue weighted by Gasteiger charge is -2.18. The number of carbonyl (C=O) groups is 2. The van der Waals surface area contributed by atoms with Gasteiger partial charge in [-0.05, 0) is 48.7 Å². The largest absolute Gasteiger partial charge is 0.399 e. The number of aryl methyl sites for hydroxylation is 1. The van der Waals surface area contributed by atoms with E-state index in [2.05, 4.69) is 5.32 Å². The van der Waals surface area contributed by atoms with Gasteiger partial charge in [0.25, 0.3) is 0 Å². The van der Waals surface area contributed by atoms with Gasteiger partial charge in [-0.3, -0.25) is 9.59 Å². The topological polar surface area (TPSA) is 75.4 Å². The molecule has 5 nitrogen and oxygen atoms in total. The summed E-state index contributed by atoms with van der Waals surface area (Å²) in [4.78, 5) is 25.8. The van der Waals surface area contributed by atoms with E-state index < -0.39 is 0 Å². The highest BCUT2D eigenvalue weighted by Gasteiger charge is 2.14. The number of rotatable bonds is 5. The molecule has 0 aromatic heterocycles. The van der Waals surface area contributed by atoms with E-state index in [9.17, 15) is 9.59 Å². The van der Waals surface area contributed by atoms with E-state index in [4.69, 9.17) is 5.73 Å². The smallest absolute Gasteiger partial charge is 0.243 e. The van der Waals surface area contributed by atoms with Crippen LogP contribution in [0, 0.1) is 13.8 Å². The number of benzene rings is 2. The Morgan fingerprint density at radius 1 is 1.08 bits per heavy atom. The molecule has 3 N–H and O–H groups in total. The van der Waals surface area contributed by atoms with Gasteiger partial charge in [0.2, 0.25) is 11.8 Å². The van der Waals surface area contributed by atoms with Crippen LogP contribution in [0.2, 0.25) is 0 Å². The molecule has 0 heterocycles. The maximum Gasteiger partial charge on any atom is 0.243 e. The second-order valence-corrected chi connectivity index (χ2v) is 5.96. The Kier molecular flexibility index (Phi) is 5.58. The van der Waals surface area contributed by atoms with Crippen LogP contribution in [-0.2, 0) is 16.0 Å². The van der Waals surface area contributed by atoms with Gasteiger partial charge in [-0.2, -0.15) is 0 Å². The average Bonchev–Trinajstić information content (AvgIpc) is 2.54. The van der Waals surface area contributed by atoms with Crippen LogP contribution in [0.4, 0.5) is 11.4 Å². The van der Waals surface area contributed by atoms with Crippen LogP contribution in [0.25, 0.3) is 0 Å². The maximum absolute atomic E-state index is 12.2. The summed E-state index contributed by atoms with van der Waals surface area (Å²) in [6.45, 7) is 3.97. The van der Waals surface area contributed by atoms with E-state index in [-0.39, 0.29) is 24.8 Å². The van der Waals surface area contributed by atoms with Gasteiger partial charge in [0.15, 0.2) is 0 Å². The van der Waals surface area contributed by atoms with Crippen LogP contribution in [0.1, 0.15) is 16.7 Å². The van der Waals surface area contributed by atoms with Gasteiger partial charge in [-0.1, -0.05) is 24.3 Å². The molecule has 2 amide bonds. The lowest BCUT2D eigenvalue weighted by atomic mass is 10.1. The molecular weight excluding hydrogens is 302 g/mol. The first-order chi connectivity index (χ1) is 11.4. The highest BCUT2D eigenvalue weighted by atomic mass is 16.2. The molecule has 2 aromatic rings. The van der Waals surface area contributed by atoms with Gasteiger partial charge in [-0.15, -0.1) is 0 Å². The SMILES string of the molecule is Cc1cccc(NC(=O)CN(C)C(=O)Cc2ccc(N)cc2)c1C. The van der Waals surface area contributed by atoms with Crippen molar-refractivity contribution in [2.75, 3.05) is 24.6 Å². The third-order valence-electron chi connectivity index (χ3n) is 4.02. The van der Waals surface area contributed by atoms with Crippen LogP contribution in [0.3, 0.4) is 0 Å². The van der Waals surface area contributed by atoms with Crippen LogP contribution in [-0.4, -0.2) is 30.3 Å². The van der Waals surface area contributed by atoms with Crippen molar-refractivity contribution in [3.63, 3.8) is 0 Å². The van der Waals surface area contributed by atoms with Crippen molar-refractivity contribution in [1.82, 2.24) is 4.90 Å². The van der Waals surface area contributed by atoms with Crippen molar-refractivity contribution >= 4 is 23.2 Å². The van der Waals surface area contributed by atoms with E-state index in [1.165, 1.54) is 4.90 Å². The van der Waals surface area contributed by atoms with Crippen molar-refractivity contribution < 1.29 is 9.59 Å². The van der Waals surface area contributed by atoms with Crippen LogP contribution >= 0.6 is 0 Å². The molecular formula is C19H23N3O2. The Morgan fingerprint density at radius 3 is 2.42 bits per heavy atom. The standard InChI is InChI=1S/C19H23N3O2/c1-13-5-4-6-17(14(13)2)21-18(23)12-22(3)19(24)11-15-7-9-16(20)10-8-15/h4-10H,11-12,20H2,1-3H3,(H,21,23). The monoisotopic (exact) mass is 325 g/mol. The Labute approximate surface area is 142 Å². The molecule has 2 aromatic carbocycles. The number of nitrogens with one attached hydrogen (secondary N) is 1. The summed E-state index contributed by atoms with van der Waals surface area (Å²) in [7, 11) is 1.63. The second kappa shape index (κ2) is 7.64. The maximum atomic E-state index is 12.2. The van der Waals surface area contributed by atoms with Gasteiger partial charge >= 0.3 is 0 Å². The molecule has 0 bridgehead atoms. The summed E-state index contributed by atoms with van der Waals surface area (Å²) < 4.78 is 0. The minimum atomic E-state index is -0.211. The molecule has 0 radical (unpaired) electrons. The van der Waals surface area contributed by atoms with Gasteiger partial charge in [0, 0.05) is 18.4 Å². The van der Waals surface area contributed by atoms with Gasteiger partial charge in [-0.25, -0.2) is 0 Å². The van der Waals surface area contributed by atoms with E-state index >= 15 is 0 Å². The minimum Gasteiger partial charge on any atom is -0.399 e. The molecule has 2 rings (SSSR count). The Hall–Kier alpha value is -2.82. The van der Waals surface area contributed by atoms with Crippen molar-refractivity contribution in [3.8, 4) is 0 Å². The summed E-state index contributed by atoms with van der Waals surface area (Å²) in [5.74, 6) is -0.326. The first kappa shape index (κ1) is 17.5. The Bertz CT molecular complexity index is 739. The number of amides is 2. The summed E-state index contributed by atoms with van der Waals surface area (Å²) >= 11 is 0. The molecule has 5 heteroatoms. The quantitative estimate of drug-likeness (QED) is 0.830. The molecule has 0 saturated carbocycles. The zero-order chi connectivity index (χ0) is 17.7. The zero-order valence-corrected chi connectivity index (χ0v) is 14.3. The molecule has 0 aliphatic rings. The lowest BCUT2D eigenvalue weighted by Crippen LogP contribution is -2.35. The Morgan fingerprint density at radius 2 is 1.75 bits per heavy atom. The number of hydrogen-bond donors (Lipinski definition) is 2. The predicted molar refractivity (Wildman–Crippen MR) is 96.7 cm³/mol. The number of carbonyl (C=O) groups excluding carboxylic acids is 2. The molecule has 0 atom stereocenters. The fourth-order valence-electron chi connectivity index (χ4n) is 2.32. The highest BCUT2D eigenvalue weighted by molar-refractivity contribution is 5.95. The minimum absolute atomic E-state index is 0.0151. The predicted octanol–water partition coefficient (Wildman–Crippen LogP) is 2.53. The number of nitrogens with two attached hydrogens (primary N) is 1. The first-order valence-electron chi connectivity index (χ1n) is 7.81. The van der Waals surface area contributed by atoms with Crippen LogP contribution < -0.4 is 11.1 Å². The molecule has 24 heavy (non-hydrogen) atoms. The van der Waals surface area contributed by atoms with Crippen molar-refractivity contribution in [1.29, 1.82) is 0 Å². The summed E-state index contributed by atoms with van der Waals surface area (Å²) in [6, 6.07) is 12.9. The van der Waals surface area contributed by atoms with Crippen molar-refractivity contribution in [2.45, 2.75) is 20.3 Å². The Balaban J connectivity index is 1.92. The first-order valence-corrected chi connectivity index (χ1v) is 7.81. The summed E-state index contributed by atoms with van der Waals surface area (Å²) in [5.41, 5.74) is 10.1. The normalized spacial score (nSPS) is 10.3. The van der Waals surface area contributed by atoms with E-state index in [1.54, 1.807) is 19.2 Å². The van der Waals surface area contributed by atoms with Crippen molar-refractivity contribution in [3.05, 3.63) is 59.2 Å². The molecule has 0 unspecified atom stereocenters. The van der Waals surface area contributed by atoms with Gasteiger partial charge in [0.05, 0.1) is 13.0 Å². The molecule has 0 fully saturated rings. The molecule has 0 saturated heterocycles. The summed E-state index contributed by atoms with van der Waals surface area (Å²) in [5, 5.41) is 2.86. The van der Waals surface area contributed by atoms with E-state index in [0.717, 1.165) is 22.4 Å². The average molecular weight is 325 g/mol. The number of nitrogens with zero attached hydrogens (tertiary/aromatic N) is 1. The lowest BCUT2D eigenvalue weighted by molar-refractivity contribution is -0.132. The number of anilines is 2. The number of likely N-dealkylation sites (N-methyl/N-ethyl adjacent to an activating group) is 1. The fraction of sp³-hybridized carbons (Fsp3) is 0.263. The number of hydrogen-bond acceptors (Lipinski definition) is 3. The van der Waals surface area contributed by atoms with Crippen molar-refractivity contribution in [2.24, 2.45) is 0 Å². The fourth-order valence-corrected chi connectivity index (χ4v) is 2.32. The molecule has 0 spiro atoms. The molecule has 0 aliphatic heterocycles. The number of nitrogen functional groups attached to an aromatic ring is 1. The van der Waals surface area contributed by atoms with Crippen LogP contribution in [0.15, 0.2) is 42.5 Å². The molecule has 126 valence electrons. The van der Waals surface area contributed by atoms with Gasteiger partial charge in [0.1, 0.15) is 0 Å².